The van der Waals surface area contributed by atoms with Crippen LogP contribution in [-0.2, 0) is 4.74 Å². The maximum Gasteiger partial charge on any atom is 0.271 e. The summed E-state index contributed by atoms with van der Waals surface area (Å²) in [5.74, 6) is -2.56. The summed E-state index contributed by atoms with van der Waals surface area (Å²) in [5, 5.41) is 0. The normalized spacial score (nSPS) is 34.3. The number of hydrogen-bond acceptors (Lipinski definition) is 1. The van der Waals surface area contributed by atoms with Crippen LogP contribution in [0.25, 0.3) is 0 Å². The van der Waals surface area contributed by atoms with E-state index in [9.17, 15) is 8.78 Å². The Morgan fingerprint density at radius 1 is 1.56 bits per heavy atom. The van der Waals surface area contributed by atoms with Gasteiger partial charge in [0, 0.05) is 6.42 Å². The Bertz CT molecular complexity index is 93.2. The van der Waals surface area contributed by atoms with Gasteiger partial charge in [0.05, 0.1) is 6.10 Å². The van der Waals surface area contributed by atoms with Crippen molar-refractivity contribution in [1.82, 2.24) is 0 Å². The van der Waals surface area contributed by atoms with Crippen LogP contribution in [0.15, 0.2) is 0 Å². The predicted octanol–water partition coefficient (Wildman–Crippen LogP) is 1.82. The van der Waals surface area contributed by atoms with Gasteiger partial charge in [-0.25, -0.2) is 8.78 Å². The highest BCUT2D eigenvalue weighted by Crippen LogP contribution is 2.27. The van der Waals surface area contributed by atoms with Gasteiger partial charge in [-0.3, -0.25) is 0 Å². The van der Waals surface area contributed by atoms with Gasteiger partial charge in [0.25, 0.3) is 5.92 Å². The number of hydrogen-bond donors (Lipinski definition) is 0. The zero-order chi connectivity index (χ0) is 6.91. The summed E-state index contributed by atoms with van der Waals surface area (Å²) in [7, 11) is 0. The summed E-state index contributed by atoms with van der Waals surface area (Å²) >= 11 is 0. The van der Waals surface area contributed by atoms with Crippen molar-refractivity contribution in [2.45, 2.75) is 31.8 Å². The second kappa shape index (κ2) is 2.21. The van der Waals surface area contributed by atoms with Gasteiger partial charge in [-0.1, -0.05) is 0 Å². The minimum absolute atomic E-state index is 0.0182. The zero-order valence-corrected chi connectivity index (χ0v) is 5.36. The molecule has 0 unspecified atom stereocenters. The van der Waals surface area contributed by atoms with Crippen molar-refractivity contribution >= 4 is 0 Å². The first kappa shape index (κ1) is 6.93. The molecule has 1 rings (SSSR count). The lowest BCUT2D eigenvalue weighted by atomic mass is 10.1. The van der Waals surface area contributed by atoms with E-state index in [0.717, 1.165) is 0 Å². The lowest BCUT2D eigenvalue weighted by Crippen LogP contribution is -2.33. The number of ether oxygens (including phenoxy) is 1. The van der Waals surface area contributed by atoms with Crippen molar-refractivity contribution in [2.24, 2.45) is 0 Å². The minimum atomic E-state index is -2.56. The molecule has 0 N–H and O–H groups in total. The van der Waals surface area contributed by atoms with E-state index >= 15 is 0 Å². The van der Waals surface area contributed by atoms with Crippen molar-refractivity contribution in [3.8, 4) is 0 Å². The number of alkyl halides is 2. The number of halogens is 2. The molecule has 1 aliphatic rings. The average molecular weight is 136 g/mol. The summed E-state index contributed by atoms with van der Waals surface area (Å²) in [6.07, 6.45) is 0.478. The maximum atomic E-state index is 12.3. The van der Waals surface area contributed by atoms with Crippen LogP contribution in [-0.4, -0.2) is 18.6 Å². The second-order valence-corrected chi connectivity index (χ2v) is 2.52. The maximum absolute atomic E-state index is 12.3. The fourth-order valence-corrected chi connectivity index (χ4v) is 0.834. The Labute approximate surface area is 53.0 Å². The molecule has 0 amide bonds. The molecule has 0 saturated carbocycles. The summed E-state index contributed by atoms with van der Waals surface area (Å²) in [4.78, 5) is 0. The molecule has 54 valence electrons. The molecule has 9 heavy (non-hydrogen) atoms. The average Bonchev–Trinajstić information content (AvgIpc) is 1.78. The van der Waals surface area contributed by atoms with E-state index in [1.54, 1.807) is 0 Å². The van der Waals surface area contributed by atoms with Crippen LogP contribution in [0.3, 0.4) is 0 Å². The molecule has 1 atom stereocenters. The summed E-state index contributed by atoms with van der Waals surface area (Å²) < 4.78 is 29.2. The van der Waals surface area contributed by atoms with Crippen molar-refractivity contribution < 1.29 is 13.5 Å². The molecule has 1 fully saturated rings. The molecule has 0 aliphatic carbocycles. The highest BCUT2D eigenvalue weighted by molar-refractivity contribution is 4.72. The topological polar surface area (TPSA) is 9.23 Å². The Hall–Kier alpha value is -0.180. The highest BCUT2D eigenvalue weighted by atomic mass is 19.3. The summed E-state index contributed by atoms with van der Waals surface area (Å²) in [6, 6.07) is 0. The van der Waals surface area contributed by atoms with Crippen molar-refractivity contribution in [3.05, 3.63) is 0 Å². The molecule has 0 aromatic carbocycles. The molecule has 0 aromatic rings. The molecule has 1 nitrogen and oxygen atoms in total. The van der Waals surface area contributed by atoms with Crippen molar-refractivity contribution in [3.63, 3.8) is 0 Å². The van der Waals surface area contributed by atoms with Crippen LogP contribution in [0.5, 0.6) is 0 Å². The second-order valence-electron chi connectivity index (χ2n) is 2.52. The standard InChI is InChI=1S/C6H10F2O/c1-5-2-3-6(7,8)4-9-5/h5H,2-4H2,1H3/t5-/m1/s1. The Kier molecular flexibility index (Phi) is 1.70. The molecule has 1 heterocycles. The largest absolute Gasteiger partial charge is 0.372 e. The molecular weight excluding hydrogens is 126 g/mol. The SMILES string of the molecule is C[C@@H]1CCC(F)(F)CO1. The third kappa shape index (κ3) is 1.90. The minimum Gasteiger partial charge on any atom is -0.372 e. The molecule has 0 bridgehead atoms. The van der Waals surface area contributed by atoms with Crippen LogP contribution in [0.1, 0.15) is 19.8 Å². The van der Waals surface area contributed by atoms with Gasteiger partial charge in [0.2, 0.25) is 0 Å². The van der Waals surface area contributed by atoms with E-state index in [0.29, 0.717) is 6.42 Å². The molecule has 0 aromatic heterocycles. The van der Waals surface area contributed by atoms with Gasteiger partial charge in [0.1, 0.15) is 6.61 Å². The van der Waals surface area contributed by atoms with Crippen molar-refractivity contribution in [2.75, 3.05) is 6.61 Å². The summed E-state index contributed by atoms with van der Waals surface area (Å²) in [5.41, 5.74) is 0. The van der Waals surface area contributed by atoms with Crippen LogP contribution < -0.4 is 0 Å². The van der Waals surface area contributed by atoms with E-state index in [1.165, 1.54) is 0 Å². The van der Waals surface area contributed by atoms with Gasteiger partial charge in [-0.15, -0.1) is 0 Å². The lowest BCUT2D eigenvalue weighted by Gasteiger charge is -2.26. The molecule has 0 radical (unpaired) electrons. The third-order valence-electron chi connectivity index (χ3n) is 1.50. The van der Waals surface area contributed by atoms with Gasteiger partial charge < -0.3 is 4.74 Å². The van der Waals surface area contributed by atoms with E-state index < -0.39 is 12.5 Å². The number of rotatable bonds is 0. The van der Waals surface area contributed by atoms with Gasteiger partial charge >= 0.3 is 0 Å². The van der Waals surface area contributed by atoms with E-state index in [2.05, 4.69) is 0 Å². The van der Waals surface area contributed by atoms with Crippen LogP contribution >= 0.6 is 0 Å². The van der Waals surface area contributed by atoms with Crippen LogP contribution in [0.2, 0.25) is 0 Å². The Morgan fingerprint density at radius 3 is 2.56 bits per heavy atom. The molecule has 1 saturated heterocycles. The molecule has 3 heteroatoms. The van der Waals surface area contributed by atoms with Gasteiger partial charge in [-0.05, 0) is 13.3 Å². The third-order valence-corrected chi connectivity index (χ3v) is 1.50. The Balaban J connectivity index is 2.35. The smallest absolute Gasteiger partial charge is 0.271 e. The molecule has 0 spiro atoms. The molecule has 1 aliphatic heterocycles. The predicted molar refractivity (Wildman–Crippen MR) is 29.6 cm³/mol. The van der Waals surface area contributed by atoms with Crippen LogP contribution in [0, 0.1) is 0 Å². The van der Waals surface area contributed by atoms with E-state index in [4.69, 9.17) is 4.74 Å². The fourth-order valence-electron chi connectivity index (χ4n) is 0.834. The van der Waals surface area contributed by atoms with E-state index in [-0.39, 0.29) is 12.5 Å². The first-order valence-electron chi connectivity index (χ1n) is 3.10. The van der Waals surface area contributed by atoms with Crippen LogP contribution in [0.4, 0.5) is 8.78 Å². The monoisotopic (exact) mass is 136 g/mol. The quantitative estimate of drug-likeness (QED) is 0.493. The highest BCUT2D eigenvalue weighted by Gasteiger charge is 2.34. The Morgan fingerprint density at radius 2 is 2.22 bits per heavy atom. The summed E-state index contributed by atoms with van der Waals surface area (Å²) in [6.45, 7) is 1.42. The lowest BCUT2D eigenvalue weighted by molar-refractivity contribution is -0.138. The van der Waals surface area contributed by atoms with E-state index in [1.807, 2.05) is 6.92 Å². The first-order chi connectivity index (χ1) is 4.10. The molecular formula is C6H10F2O. The first-order valence-corrected chi connectivity index (χ1v) is 3.10. The van der Waals surface area contributed by atoms with Crippen molar-refractivity contribution in [1.29, 1.82) is 0 Å². The fraction of sp³-hybridized carbons (Fsp3) is 1.00. The van der Waals surface area contributed by atoms with Gasteiger partial charge in [-0.2, -0.15) is 0 Å². The zero-order valence-electron chi connectivity index (χ0n) is 5.36. The van der Waals surface area contributed by atoms with Gasteiger partial charge in [0.15, 0.2) is 0 Å².